The van der Waals surface area contributed by atoms with Gasteiger partial charge in [-0.25, -0.2) is 9.59 Å². The van der Waals surface area contributed by atoms with Crippen LogP contribution in [0.2, 0.25) is 0 Å². The van der Waals surface area contributed by atoms with Crippen molar-refractivity contribution in [3.63, 3.8) is 0 Å². The lowest BCUT2D eigenvalue weighted by molar-refractivity contribution is 0.0696. The molecule has 0 saturated heterocycles. The molecule has 2 amide bonds. The number of hydrogen-bond acceptors (Lipinski definition) is 2. The molecule has 0 atom stereocenters. The molecule has 0 aliphatic rings. The Labute approximate surface area is 86.2 Å². The summed E-state index contributed by atoms with van der Waals surface area (Å²) in [5, 5.41) is 11.1. The molecule has 1 aromatic rings. The van der Waals surface area contributed by atoms with Crippen LogP contribution in [0.3, 0.4) is 0 Å². The van der Waals surface area contributed by atoms with E-state index >= 15 is 0 Å². The van der Waals surface area contributed by atoms with Gasteiger partial charge in [0, 0.05) is 6.20 Å². The maximum absolute atomic E-state index is 10.8. The summed E-state index contributed by atoms with van der Waals surface area (Å²) in [6, 6.07) is 5.74. The van der Waals surface area contributed by atoms with Crippen LogP contribution in [0.1, 0.15) is 15.9 Å². The van der Waals surface area contributed by atoms with E-state index in [0.717, 1.165) is 0 Å². The Morgan fingerprint density at radius 2 is 2.00 bits per heavy atom. The van der Waals surface area contributed by atoms with Crippen molar-refractivity contribution in [1.29, 1.82) is 0 Å². The van der Waals surface area contributed by atoms with E-state index in [1.54, 1.807) is 18.2 Å². The molecule has 0 radical (unpaired) electrons. The first-order valence-corrected chi connectivity index (χ1v) is 4.16. The van der Waals surface area contributed by atoms with Gasteiger partial charge < -0.3 is 16.2 Å². The number of urea groups is 1. The average Bonchev–Trinajstić information content (AvgIpc) is 2.17. The zero-order valence-electron chi connectivity index (χ0n) is 7.81. The van der Waals surface area contributed by atoms with E-state index < -0.39 is 12.0 Å². The molecule has 78 valence electrons. The molecule has 0 unspecified atom stereocenters. The molecule has 0 aromatic heterocycles. The van der Waals surface area contributed by atoms with E-state index in [1.165, 1.54) is 18.3 Å². The predicted molar refractivity (Wildman–Crippen MR) is 55.2 cm³/mol. The Balaban J connectivity index is 2.89. The predicted octanol–water partition coefficient (Wildman–Crippen LogP) is 1.02. The summed E-state index contributed by atoms with van der Waals surface area (Å²) in [6.45, 7) is 0. The monoisotopic (exact) mass is 206 g/mol. The molecule has 0 saturated carbocycles. The fourth-order valence-corrected chi connectivity index (χ4v) is 1.05. The van der Waals surface area contributed by atoms with E-state index in [2.05, 4.69) is 5.32 Å². The molecule has 0 aliphatic heterocycles. The van der Waals surface area contributed by atoms with Crippen LogP contribution < -0.4 is 11.1 Å². The summed E-state index contributed by atoms with van der Waals surface area (Å²) in [4.78, 5) is 21.1. The van der Waals surface area contributed by atoms with E-state index in [1.807, 2.05) is 0 Å². The highest BCUT2D eigenvalue weighted by atomic mass is 16.4. The van der Waals surface area contributed by atoms with Crippen LogP contribution in [0, 0.1) is 0 Å². The van der Waals surface area contributed by atoms with Crippen molar-refractivity contribution in [3.8, 4) is 0 Å². The van der Waals surface area contributed by atoms with Crippen LogP contribution in [0.4, 0.5) is 4.79 Å². The number of hydrogen-bond donors (Lipinski definition) is 3. The summed E-state index contributed by atoms with van der Waals surface area (Å²) in [5.41, 5.74) is 5.50. The van der Waals surface area contributed by atoms with Gasteiger partial charge in [-0.3, -0.25) is 0 Å². The van der Waals surface area contributed by atoms with Gasteiger partial charge in [0.25, 0.3) is 0 Å². The number of carbonyl (C=O) groups is 2. The second kappa shape index (κ2) is 4.80. The highest BCUT2D eigenvalue weighted by Gasteiger charge is 2.05. The van der Waals surface area contributed by atoms with Gasteiger partial charge in [-0.2, -0.15) is 0 Å². The second-order valence-electron chi connectivity index (χ2n) is 2.73. The van der Waals surface area contributed by atoms with Crippen LogP contribution in [0.25, 0.3) is 6.08 Å². The van der Waals surface area contributed by atoms with Crippen molar-refractivity contribution in [3.05, 3.63) is 41.6 Å². The molecule has 0 heterocycles. The quantitative estimate of drug-likeness (QED) is 0.689. The summed E-state index contributed by atoms with van der Waals surface area (Å²) in [6.07, 6.45) is 2.76. The van der Waals surface area contributed by atoms with Crippen LogP contribution in [-0.2, 0) is 0 Å². The number of nitrogens with one attached hydrogen (secondary N) is 1. The Kier molecular flexibility index (Phi) is 3.45. The van der Waals surface area contributed by atoms with Crippen molar-refractivity contribution in [1.82, 2.24) is 5.32 Å². The molecule has 15 heavy (non-hydrogen) atoms. The summed E-state index contributed by atoms with van der Waals surface area (Å²) in [7, 11) is 0. The minimum absolute atomic E-state index is 0.167. The first-order valence-electron chi connectivity index (χ1n) is 4.16. The van der Waals surface area contributed by atoms with Gasteiger partial charge in [-0.1, -0.05) is 18.2 Å². The highest BCUT2D eigenvalue weighted by Crippen LogP contribution is 2.09. The third-order valence-corrected chi connectivity index (χ3v) is 1.68. The summed E-state index contributed by atoms with van der Waals surface area (Å²) in [5.74, 6) is -1.02. The molecule has 5 heteroatoms. The number of rotatable bonds is 3. The number of amides is 2. The van der Waals surface area contributed by atoms with Gasteiger partial charge in [-0.05, 0) is 17.7 Å². The standard InChI is InChI=1S/C10H10N2O3/c11-10(15)12-6-5-7-3-1-2-4-8(7)9(13)14/h1-6H,(H,13,14)(H3,11,12,15). The van der Waals surface area contributed by atoms with Crippen LogP contribution in [-0.4, -0.2) is 17.1 Å². The molecule has 1 rings (SSSR count). The fraction of sp³-hybridized carbons (Fsp3) is 0. The summed E-state index contributed by atoms with van der Waals surface area (Å²) < 4.78 is 0. The lowest BCUT2D eigenvalue weighted by Gasteiger charge is -1.99. The zero-order chi connectivity index (χ0) is 11.3. The van der Waals surface area contributed by atoms with Gasteiger partial charge in [0.05, 0.1) is 5.56 Å². The summed E-state index contributed by atoms with van der Waals surface area (Å²) >= 11 is 0. The molecular formula is C10H10N2O3. The Hall–Kier alpha value is -2.30. The number of nitrogens with two attached hydrogens (primary N) is 1. The van der Waals surface area contributed by atoms with Gasteiger partial charge in [0.1, 0.15) is 0 Å². The average molecular weight is 206 g/mol. The first-order chi connectivity index (χ1) is 7.11. The van der Waals surface area contributed by atoms with Crippen molar-refractivity contribution in [2.45, 2.75) is 0 Å². The van der Waals surface area contributed by atoms with Crippen LogP contribution in [0.15, 0.2) is 30.5 Å². The molecule has 0 fully saturated rings. The van der Waals surface area contributed by atoms with E-state index in [4.69, 9.17) is 10.8 Å². The lowest BCUT2D eigenvalue weighted by atomic mass is 10.1. The molecule has 0 bridgehead atoms. The van der Waals surface area contributed by atoms with Crippen molar-refractivity contribution in [2.75, 3.05) is 0 Å². The van der Waals surface area contributed by atoms with Crippen LogP contribution >= 0.6 is 0 Å². The fourth-order valence-electron chi connectivity index (χ4n) is 1.05. The topological polar surface area (TPSA) is 92.4 Å². The first kappa shape index (κ1) is 10.8. The van der Waals surface area contributed by atoms with Gasteiger partial charge in [0.2, 0.25) is 0 Å². The molecule has 5 nitrogen and oxygen atoms in total. The van der Waals surface area contributed by atoms with E-state index in [9.17, 15) is 9.59 Å². The Morgan fingerprint density at radius 1 is 1.33 bits per heavy atom. The minimum Gasteiger partial charge on any atom is -0.478 e. The molecular weight excluding hydrogens is 196 g/mol. The van der Waals surface area contributed by atoms with Gasteiger partial charge in [0.15, 0.2) is 0 Å². The zero-order valence-corrected chi connectivity index (χ0v) is 7.81. The lowest BCUT2D eigenvalue weighted by Crippen LogP contribution is -2.23. The SMILES string of the molecule is NC(=O)NC=Cc1ccccc1C(=O)O. The third kappa shape index (κ3) is 3.15. The number of primary amides is 1. The second-order valence-corrected chi connectivity index (χ2v) is 2.73. The van der Waals surface area contributed by atoms with E-state index in [-0.39, 0.29) is 5.56 Å². The van der Waals surface area contributed by atoms with Gasteiger partial charge in [-0.15, -0.1) is 0 Å². The normalized spacial score (nSPS) is 10.1. The number of carbonyl (C=O) groups excluding carboxylic acids is 1. The maximum Gasteiger partial charge on any atom is 0.336 e. The maximum atomic E-state index is 10.8. The number of carboxylic acids is 1. The minimum atomic E-state index is -1.02. The molecule has 4 N–H and O–H groups in total. The number of carboxylic acid groups (broad SMARTS) is 1. The van der Waals surface area contributed by atoms with E-state index in [0.29, 0.717) is 5.56 Å². The third-order valence-electron chi connectivity index (χ3n) is 1.68. The Bertz CT molecular complexity index is 413. The van der Waals surface area contributed by atoms with Crippen molar-refractivity contribution >= 4 is 18.1 Å². The largest absolute Gasteiger partial charge is 0.478 e. The number of benzene rings is 1. The van der Waals surface area contributed by atoms with Crippen molar-refractivity contribution < 1.29 is 14.7 Å². The van der Waals surface area contributed by atoms with Gasteiger partial charge >= 0.3 is 12.0 Å². The number of aromatic carboxylic acids is 1. The van der Waals surface area contributed by atoms with Crippen molar-refractivity contribution in [2.24, 2.45) is 5.73 Å². The smallest absolute Gasteiger partial charge is 0.336 e. The molecule has 0 aliphatic carbocycles. The molecule has 1 aromatic carbocycles. The van der Waals surface area contributed by atoms with Crippen LogP contribution in [0.5, 0.6) is 0 Å². The Morgan fingerprint density at radius 3 is 2.60 bits per heavy atom. The highest BCUT2D eigenvalue weighted by molar-refractivity contribution is 5.92. The molecule has 0 spiro atoms.